The lowest BCUT2D eigenvalue weighted by Gasteiger charge is -2.34. The van der Waals surface area contributed by atoms with Gasteiger partial charge in [-0.05, 0) is 54.8 Å². The van der Waals surface area contributed by atoms with Crippen LogP contribution in [0.15, 0.2) is 48.8 Å². The Bertz CT molecular complexity index is 690. The number of hydrogen-bond donors (Lipinski definition) is 1. The topological polar surface area (TPSA) is 54.5 Å². The van der Waals surface area contributed by atoms with Gasteiger partial charge in [0.2, 0.25) is 5.91 Å². The van der Waals surface area contributed by atoms with E-state index in [0.717, 1.165) is 43.6 Å². The number of likely N-dealkylation sites (tertiary alicyclic amines) is 1. The Balaban J connectivity index is 1.67. The minimum Gasteiger partial charge on any atom is -0.380 e. The van der Waals surface area contributed by atoms with E-state index < -0.39 is 0 Å². The predicted molar refractivity (Wildman–Crippen MR) is 98.1 cm³/mol. The molecule has 5 nitrogen and oxygen atoms in total. The van der Waals surface area contributed by atoms with Crippen LogP contribution in [0.4, 0.5) is 5.69 Å². The van der Waals surface area contributed by atoms with Gasteiger partial charge in [-0.3, -0.25) is 14.7 Å². The number of nitrogens with zero attached hydrogens (tertiary/aromatic N) is 2. The molecule has 1 aliphatic heterocycles. The zero-order valence-corrected chi connectivity index (χ0v) is 14.6. The van der Waals surface area contributed by atoms with Crippen molar-refractivity contribution in [2.45, 2.75) is 38.5 Å². The molecule has 1 atom stereocenters. The first-order valence-electron chi connectivity index (χ1n) is 8.78. The predicted octanol–water partition coefficient (Wildman–Crippen LogP) is 3.22. The molecule has 132 valence electrons. The second kappa shape index (κ2) is 8.74. The summed E-state index contributed by atoms with van der Waals surface area (Å²) >= 11 is 0. The fraction of sp³-hybridized carbons (Fsp3) is 0.400. The normalized spacial score (nSPS) is 18.0. The van der Waals surface area contributed by atoms with Gasteiger partial charge in [-0.2, -0.15) is 0 Å². The molecule has 0 bridgehead atoms. The highest BCUT2D eigenvalue weighted by Crippen LogP contribution is 2.21. The summed E-state index contributed by atoms with van der Waals surface area (Å²) in [5, 5.41) is 3.08. The van der Waals surface area contributed by atoms with E-state index in [1.165, 1.54) is 5.56 Å². The molecular formula is C20H25N3O2. The molecule has 0 aliphatic carbocycles. The van der Waals surface area contributed by atoms with Crippen LogP contribution in [0, 0.1) is 0 Å². The van der Waals surface area contributed by atoms with Gasteiger partial charge in [0.05, 0.1) is 12.6 Å². The number of anilines is 1. The molecule has 1 N–H and O–H groups in total. The molecule has 2 heterocycles. The number of pyridine rings is 1. The monoisotopic (exact) mass is 339 g/mol. The minimum absolute atomic E-state index is 0.0725. The van der Waals surface area contributed by atoms with Gasteiger partial charge in [0, 0.05) is 31.7 Å². The number of amides is 1. The fourth-order valence-electron chi connectivity index (χ4n) is 3.33. The number of benzene rings is 1. The highest BCUT2D eigenvalue weighted by Gasteiger charge is 2.28. The van der Waals surface area contributed by atoms with Crippen molar-refractivity contribution in [1.82, 2.24) is 9.88 Å². The van der Waals surface area contributed by atoms with E-state index in [4.69, 9.17) is 4.74 Å². The SMILES string of the molecule is COCc1cccc(NC(=O)[C@H]2CCCCN2Cc2ccncc2)c1. The van der Waals surface area contributed by atoms with Gasteiger partial charge in [-0.15, -0.1) is 0 Å². The number of piperidine rings is 1. The summed E-state index contributed by atoms with van der Waals surface area (Å²) < 4.78 is 5.16. The Hall–Kier alpha value is -2.24. The van der Waals surface area contributed by atoms with E-state index in [-0.39, 0.29) is 11.9 Å². The summed E-state index contributed by atoms with van der Waals surface area (Å²) in [6.07, 6.45) is 6.73. The molecule has 1 amide bonds. The zero-order valence-electron chi connectivity index (χ0n) is 14.6. The Labute approximate surface area is 149 Å². The second-order valence-electron chi connectivity index (χ2n) is 6.46. The lowest BCUT2D eigenvalue weighted by molar-refractivity contribution is -0.122. The van der Waals surface area contributed by atoms with Gasteiger partial charge in [0.15, 0.2) is 0 Å². The van der Waals surface area contributed by atoms with Gasteiger partial charge < -0.3 is 10.1 Å². The van der Waals surface area contributed by atoms with E-state index >= 15 is 0 Å². The smallest absolute Gasteiger partial charge is 0.241 e. The lowest BCUT2D eigenvalue weighted by atomic mass is 10.0. The van der Waals surface area contributed by atoms with Crippen LogP contribution in [0.1, 0.15) is 30.4 Å². The van der Waals surface area contributed by atoms with Crippen LogP contribution >= 0.6 is 0 Å². The van der Waals surface area contributed by atoms with Crippen molar-refractivity contribution in [1.29, 1.82) is 0 Å². The summed E-state index contributed by atoms with van der Waals surface area (Å²) in [4.78, 5) is 19.2. The van der Waals surface area contributed by atoms with E-state index in [1.807, 2.05) is 36.4 Å². The van der Waals surface area contributed by atoms with E-state index in [2.05, 4.69) is 15.2 Å². The Kier molecular flexibility index (Phi) is 6.14. The summed E-state index contributed by atoms with van der Waals surface area (Å²) in [5.41, 5.74) is 3.07. The maximum absolute atomic E-state index is 12.8. The summed E-state index contributed by atoms with van der Waals surface area (Å²) in [7, 11) is 1.67. The standard InChI is InChI=1S/C20H25N3O2/c1-25-15-17-5-4-6-18(13-17)22-20(24)19-7-2-3-12-23(19)14-16-8-10-21-11-9-16/h4-6,8-11,13,19H,2-3,7,12,14-15H2,1H3,(H,22,24)/t19-/m1/s1. The van der Waals surface area contributed by atoms with Gasteiger partial charge in [-0.25, -0.2) is 0 Å². The molecule has 1 aromatic carbocycles. The Morgan fingerprint density at radius 1 is 1.24 bits per heavy atom. The molecule has 2 aromatic rings. The number of aromatic nitrogens is 1. The molecule has 0 unspecified atom stereocenters. The van der Waals surface area contributed by atoms with Crippen molar-refractivity contribution < 1.29 is 9.53 Å². The van der Waals surface area contributed by atoms with Crippen molar-refractivity contribution >= 4 is 11.6 Å². The van der Waals surface area contributed by atoms with Crippen molar-refractivity contribution in [2.24, 2.45) is 0 Å². The van der Waals surface area contributed by atoms with Gasteiger partial charge in [0.25, 0.3) is 0 Å². The van der Waals surface area contributed by atoms with Crippen LogP contribution in [-0.2, 0) is 22.7 Å². The molecule has 1 aromatic heterocycles. The van der Waals surface area contributed by atoms with Crippen LogP contribution in [0.25, 0.3) is 0 Å². The van der Waals surface area contributed by atoms with Crippen LogP contribution in [0.5, 0.6) is 0 Å². The van der Waals surface area contributed by atoms with Crippen molar-refractivity contribution in [2.75, 3.05) is 19.0 Å². The average molecular weight is 339 g/mol. The third kappa shape index (κ3) is 4.87. The minimum atomic E-state index is -0.0898. The summed E-state index contributed by atoms with van der Waals surface area (Å²) in [6, 6.07) is 11.8. The molecule has 0 radical (unpaired) electrons. The van der Waals surface area contributed by atoms with E-state index in [0.29, 0.717) is 6.61 Å². The molecule has 3 rings (SSSR count). The third-order valence-corrected chi connectivity index (χ3v) is 4.56. The number of carbonyl (C=O) groups is 1. The number of rotatable bonds is 6. The van der Waals surface area contributed by atoms with Crippen LogP contribution in [0.3, 0.4) is 0 Å². The van der Waals surface area contributed by atoms with Gasteiger partial charge in [0.1, 0.15) is 0 Å². The average Bonchev–Trinajstić information content (AvgIpc) is 2.63. The van der Waals surface area contributed by atoms with Crippen molar-refractivity contribution in [3.8, 4) is 0 Å². The summed E-state index contributed by atoms with van der Waals surface area (Å²) in [6.45, 7) is 2.27. The van der Waals surface area contributed by atoms with Gasteiger partial charge in [-0.1, -0.05) is 18.6 Å². The van der Waals surface area contributed by atoms with Crippen LogP contribution < -0.4 is 5.32 Å². The zero-order chi connectivity index (χ0) is 17.5. The Morgan fingerprint density at radius 3 is 2.88 bits per heavy atom. The quantitative estimate of drug-likeness (QED) is 0.878. The van der Waals surface area contributed by atoms with E-state index in [9.17, 15) is 4.79 Å². The van der Waals surface area contributed by atoms with E-state index in [1.54, 1.807) is 19.5 Å². The van der Waals surface area contributed by atoms with Gasteiger partial charge >= 0.3 is 0 Å². The maximum atomic E-state index is 12.8. The molecule has 1 aliphatic rings. The first-order chi connectivity index (χ1) is 12.3. The largest absolute Gasteiger partial charge is 0.380 e. The number of nitrogens with one attached hydrogen (secondary N) is 1. The number of hydrogen-bond acceptors (Lipinski definition) is 4. The van der Waals surface area contributed by atoms with Crippen LogP contribution in [0.2, 0.25) is 0 Å². The second-order valence-corrected chi connectivity index (χ2v) is 6.46. The molecule has 5 heteroatoms. The molecule has 25 heavy (non-hydrogen) atoms. The third-order valence-electron chi connectivity index (χ3n) is 4.56. The molecule has 0 saturated carbocycles. The Morgan fingerprint density at radius 2 is 2.08 bits per heavy atom. The maximum Gasteiger partial charge on any atom is 0.241 e. The highest BCUT2D eigenvalue weighted by molar-refractivity contribution is 5.94. The van der Waals surface area contributed by atoms with Crippen molar-refractivity contribution in [3.63, 3.8) is 0 Å². The summed E-state index contributed by atoms with van der Waals surface area (Å²) in [5.74, 6) is 0.0725. The first kappa shape index (κ1) is 17.6. The lowest BCUT2D eigenvalue weighted by Crippen LogP contribution is -2.46. The van der Waals surface area contributed by atoms with Crippen molar-refractivity contribution in [3.05, 3.63) is 59.9 Å². The number of carbonyl (C=O) groups excluding carboxylic acids is 1. The molecule has 0 spiro atoms. The first-order valence-corrected chi connectivity index (χ1v) is 8.78. The highest BCUT2D eigenvalue weighted by atomic mass is 16.5. The van der Waals surface area contributed by atoms with Crippen LogP contribution in [-0.4, -0.2) is 35.5 Å². The molecular weight excluding hydrogens is 314 g/mol. The number of ether oxygens (including phenoxy) is 1. The molecule has 1 fully saturated rings. The fourth-order valence-corrected chi connectivity index (χ4v) is 3.33. The number of methoxy groups -OCH3 is 1. The molecule has 1 saturated heterocycles.